The molecule has 1 N–H and O–H groups in total. The van der Waals surface area contributed by atoms with E-state index in [1.807, 2.05) is 19.1 Å². The van der Waals surface area contributed by atoms with Crippen LogP contribution in [0, 0.1) is 0 Å². The van der Waals surface area contributed by atoms with Gasteiger partial charge < -0.3 is 5.32 Å². The molecule has 0 aromatic heterocycles. The van der Waals surface area contributed by atoms with Gasteiger partial charge in [0.25, 0.3) is 0 Å². The first-order valence-electron chi connectivity index (χ1n) is 7.43. The number of benzene rings is 1. The molecular weight excluding hydrogens is 300 g/mol. The number of imide groups is 1. The highest BCUT2D eigenvalue weighted by atomic mass is 32.1. The topological polar surface area (TPSA) is 66.5 Å². The van der Waals surface area contributed by atoms with Gasteiger partial charge in [-0.25, -0.2) is 4.90 Å². The van der Waals surface area contributed by atoms with Crippen molar-refractivity contribution in [1.29, 1.82) is 0 Å². The first-order chi connectivity index (χ1) is 10.5. The van der Waals surface area contributed by atoms with Crippen molar-refractivity contribution < 1.29 is 14.4 Å². The van der Waals surface area contributed by atoms with Crippen molar-refractivity contribution in [2.45, 2.75) is 37.9 Å². The number of carbonyl (C=O) groups excluding carboxylic acids is 3. The zero-order valence-electron chi connectivity index (χ0n) is 12.5. The molecule has 0 radical (unpaired) electrons. The minimum Gasteiger partial charge on any atom is -0.356 e. The maximum atomic E-state index is 11.9. The third-order valence-corrected chi connectivity index (χ3v) is 3.96. The van der Waals surface area contributed by atoms with Gasteiger partial charge in [-0.05, 0) is 37.5 Å². The molecule has 0 spiro atoms. The van der Waals surface area contributed by atoms with Gasteiger partial charge in [-0.1, -0.05) is 12.1 Å². The van der Waals surface area contributed by atoms with Gasteiger partial charge in [-0.2, -0.15) is 12.6 Å². The monoisotopic (exact) mass is 320 g/mol. The molecule has 0 aliphatic carbocycles. The number of carbonyl (C=O) groups is 3. The van der Waals surface area contributed by atoms with Crippen LogP contribution in [0.3, 0.4) is 0 Å². The minimum atomic E-state index is -0.538. The van der Waals surface area contributed by atoms with Crippen LogP contribution in [-0.4, -0.2) is 29.5 Å². The highest BCUT2D eigenvalue weighted by Gasteiger charge is 2.37. The predicted molar refractivity (Wildman–Crippen MR) is 87.9 cm³/mol. The Labute approximate surface area is 135 Å². The van der Waals surface area contributed by atoms with Crippen LogP contribution >= 0.6 is 12.6 Å². The standard InChI is InChI=1S/C16H20N2O3S/c1-2-17-14(19)5-3-4-11-6-8-12(9-7-11)18-15(20)10-13(22)16(18)21/h6-9,13,22H,2-5,10H2,1H3,(H,17,19). The van der Waals surface area contributed by atoms with Crippen molar-refractivity contribution in [3.63, 3.8) is 0 Å². The zero-order valence-corrected chi connectivity index (χ0v) is 13.4. The number of nitrogens with one attached hydrogen (secondary N) is 1. The van der Waals surface area contributed by atoms with Crippen LogP contribution in [-0.2, 0) is 20.8 Å². The summed E-state index contributed by atoms with van der Waals surface area (Å²) in [6.07, 6.45) is 2.20. The molecule has 1 fully saturated rings. The minimum absolute atomic E-state index is 0.0622. The molecule has 1 atom stereocenters. The predicted octanol–water partition coefficient (Wildman–Crippen LogP) is 1.71. The first-order valence-corrected chi connectivity index (χ1v) is 7.95. The fourth-order valence-corrected chi connectivity index (χ4v) is 2.71. The lowest BCUT2D eigenvalue weighted by Gasteiger charge is -2.14. The van der Waals surface area contributed by atoms with Crippen LogP contribution in [0.25, 0.3) is 0 Å². The van der Waals surface area contributed by atoms with Gasteiger partial charge in [-0.3, -0.25) is 14.4 Å². The molecule has 1 aromatic rings. The van der Waals surface area contributed by atoms with E-state index in [0.717, 1.165) is 18.4 Å². The van der Waals surface area contributed by atoms with Gasteiger partial charge in [0.15, 0.2) is 0 Å². The fourth-order valence-electron chi connectivity index (χ4n) is 2.44. The van der Waals surface area contributed by atoms with Gasteiger partial charge in [0.05, 0.1) is 10.9 Å². The van der Waals surface area contributed by atoms with Crippen molar-refractivity contribution in [3.8, 4) is 0 Å². The molecule has 1 aromatic carbocycles. The van der Waals surface area contributed by atoms with Crippen molar-refractivity contribution in [3.05, 3.63) is 29.8 Å². The number of thiol groups is 1. The van der Waals surface area contributed by atoms with Crippen LogP contribution in [0.2, 0.25) is 0 Å². The Bertz CT molecular complexity index is 571. The summed E-state index contributed by atoms with van der Waals surface area (Å²) >= 11 is 4.11. The summed E-state index contributed by atoms with van der Waals surface area (Å²) in [5, 5.41) is 2.23. The van der Waals surface area contributed by atoms with Crippen LogP contribution in [0.15, 0.2) is 24.3 Å². The van der Waals surface area contributed by atoms with Crippen LogP contribution < -0.4 is 10.2 Å². The molecule has 1 unspecified atom stereocenters. The number of rotatable bonds is 6. The second-order valence-electron chi connectivity index (χ2n) is 5.26. The van der Waals surface area contributed by atoms with E-state index in [2.05, 4.69) is 17.9 Å². The van der Waals surface area contributed by atoms with Crippen molar-refractivity contribution in [2.24, 2.45) is 0 Å². The number of anilines is 1. The van der Waals surface area contributed by atoms with E-state index >= 15 is 0 Å². The molecule has 1 aliphatic rings. The average Bonchev–Trinajstić information content (AvgIpc) is 2.73. The zero-order chi connectivity index (χ0) is 16.1. The smallest absolute Gasteiger partial charge is 0.247 e. The Kier molecular flexibility index (Phi) is 5.60. The summed E-state index contributed by atoms with van der Waals surface area (Å²) in [4.78, 5) is 36.2. The van der Waals surface area contributed by atoms with Crippen molar-refractivity contribution in [2.75, 3.05) is 11.4 Å². The molecule has 118 valence electrons. The number of nitrogens with zero attached hydrogens (tertiary/aromatic N) is 1. The Balaban J connectivity index is 1.92. The maximum absolute atomic E-state index is 11.9. The normalized spacial score (nSPS) is 17.9. The molecule has 1 saturated heterocycles. The quantitative estimate of drug-likeness (QED) is 0.619. The molecule has 5 nitrogen and oxygen atoms in total. The van der Waals surface area contributed by atoms with Crippen LogP contribution in [0.5, 0.6) is 0 Å². The largest absolute Gasteiger partial charge is 0.356 e. The second-order valence-corrected chi connectivity index (χ2v) is 5.88. The summed E-state index contributed by atoms with van der Waals surface area (Å²) in [5.74, 6) is -0.418. The van der Waals surface area contributed by atoms with Gasteiger partial charge in [0.2, 0.25) is 17.7 Å². The fraction of sp³-hybridized carbons (Fsp3) is 0.438. The molecule has 1 heterocycles. The highest BCUT2D eigenvalue weighted by molar-refractivity contribution is 7.82. The Morgan fingerprint density at radius 1 is 1.32 bits per heavy atom. The number of hydrogen-bond acceptors (Lipinski definition) is 4. The Morgan fingerprint density at radius 3 is 2.55 bits per heavy atom. The summed E-state index contributed by atoms with van der Waals surface area (Å²) < 4.78 is 0. The summed E-state index contributed by atoms with van der Waals surface area (Å²) in [6.45, 7) is 2.55. The van der Waals surface area contributed by atoms with Crippen LogP contribution in [0.1, 0.15) is 31.7 Å². The number of hydrogen-bond donors (Lipinski definition) is 2. The van der Waals surface area contributed by atoms with E-state index < -0.39 is 5.25 Å². The maximum Gasteiger partial charge on any atom is 0.247 e. The van der Waals surface area contributed by atoms with Gasteiger partial charge in [-0.15, -0.1) is 0 Å². The van der Waals surface area contributed by atoms with Crippen molar-refractivity contribution >= 4 is 36.0 Å². The van der Waals surface area contributed by atoms with E-state index in [-0.39, 0.29) is 24.1 Å². The molecular formula is C16H20N2O3S. The molecule has 1 aliphatic heterocycles. The lowest BCUT2D eigenvalue weighted by atomic mass is 10.1. The van der Waals surface area contributed by atoms with Gasteiger partial charge in [0, 0.05) is 19.4 Å². The van der Waals surface area contributed by atoms with E-state index in [1.165, 1.54) is 4.90 Å². The van der Waals surface area contributed by atoms with Crippen molar-refractivity contribution in [1.82, 2.24) is 5.32 Å². The number of aryl methyl sites for hydroxylation is 1. The third-order valence-electron chi connectivity index (χ3n) is 3.56. The summed E-state index contributed by atoms with van der Waals surface area (Å²) in [5.41, 5.74) is 1.66. The van der Waals surface area contributed by atoms with Gasteiger partial charge in [0.1, 0.15) is 0 Å². The molecule has 0 saturated carbocycles. The molecule has 0 bridgehead atoms. The van der Waals surface area contributed by atoms with E-state index in [4.69, 9.17) is 0 Å². The van der Waals surface area contributed by atoms with E-state index in [0.29, 0.717) is 18.7 Å². The Hall–Kier alpha value is -1.82. The molecule has 2 rings (SSSR count). The average molecular weight is 320 g/mol. The SMILES string of the molecule is CCNC(=O)CCCc1ccc(N2C(=O)CC(S)C2=O)cc1. The van der Waals surface area contributed by atoms with E-state index in [1.54, 1.807) is 12.1 Å². The first kappa shape index (κ1) is 16.5. The lowest BCUT2D eigenvalue weighted by Crippen LogP contribution is -2.30. The van der Waals surface area contributed by atoms with Crippen LogP contribution in [0.4, 0.5) is 5.69 Å². The Morgan fingerprint density at radius 2 is 2.00 bits per heavy atom. The number of amides is 3. The molecule has 3 amide bonds. The van der Waals surface area contributed by atoms with E-state index in [9.17, 15) is 14.4 Å². The molecule has 6 heteroatoms. The lowest BCUT2D eigenvalue weighted by molar-refractivity contribution is -0.122. The second kappa shape index (κ2) is 7.45. The summed E-state index contributed by atoms with van der Waals surface area (Å²) in [7, 11) is 0. The van der Waals surface area contributed by atoms with Gasteiger partial charge >= 0.3 is 0 Å². The highest BCUT2D eigenvalue weighted by Crippen LogP contribution is 2.25. The molecule has 22 heavy (non-hydrogen) atoms. The summed E-state index contributed by atoms with van der Waals surface area (Å²) in [6, 6.07) is 7.31. The third kappa shape index (κ3) is 3.88.